The van der Waals surface area contributed by atoms with Crippen molar-refractivity contribution in [2.24, 2.45) is 0 Å². The smallest absolute Gasteiger partial charge is 0.159 e. The molecule has 0 aliphatic rings. The summed E-state index contributed by atoms with van der Waals surface area (Å²) in [6, 6.07) is 189. The minimum atomic E-state index is 0.838. The summed E-state index contributed by atoms with van der Waals surface area (Å²) in [5.41, 5.74) is 40.5. The maximum Gasteiger partial charge on any atom is 0.159 e. The quantitative estimate of drug-likeness (QED) is 0.114. The molecule has 0 unspecified atom stereocenters. The van der Waals surface area contributed by atoms with Crippen molar-refractivity contribution in [1.82, 2.24) is 28.7 Å². The molecule has 22 aromatic carbocycles. The second kappa shape index (κ2) is 36.0. The molecule has 0 N–H and O–H groups in total. The van der Waals surface area contributed by atoms with Crippen molar-refractivity contribution >= 4 is 164 Å². The van der Waals surface area contributed by atoms with Crippen molar-refractivity contribution in [3.63, 3.8) is 0 Å². The fourth-order valence-corrected chi connectivity index (χ4v) is 23.3. The summed E-state index contributed by atoms with van der Waals surface area (Å²) in [5, 5.41) is 17.1. The van der Waals surface area contributed by atoms with E-state index in [-0.39, 0.29) is 0 Å². The van der Waals surface area contributed by atoms with Gasteiger partial charge in [0.2, 0.25) is 0 Å². The number of hydrogen-bond donors (Lipinski definition) is 0. The van der Waals surface area contributed by atoms with Crippen LogP contribution in [0.15, 0.2) is 547 Å². The summed E-state index contributed by atoms with van der Waals surface area (Å²) in [6.07, 6.45) is 0. The molecule has 9 heteroatoms. The Hall–Kier alpha value is -20.1. The van der Waals surface area contributed by atoms with E-state index in [4.69, 9.17) is 28.2 Å². The molecular formula is C141H88N6O3. The van der Waals surface area contributed by atoms with Crippen LogP contribution in [0.3, 0.4) is 0 Å². The molecule has 31 rings (SSSR count). The van der Waals surface area contributed by atoms with Gasteiger partial charge in [-0.25, -0.2) is 15.0 Å². The van der Waals surface area contributed by atoms with Crippen LogP contribution in [0.1, 0.15) is 0 Å². The topological polar surface area (TPSA) is 92.9 Å². The second-order valence-electron chi connectivity index (χ2n) is 38.5. The average molecular weight is 1910 g/mol. The Kier molecular flexibility index (Phi) is 20.8. The van der Waals surface area contributed by atoms with E-state index in [2.05, 4.69) is 548 Å². The van der Waals surface area contributed by atoms with Gasteiger partial charge in [0, 0.05) is 97.5 Å². The molecule has 0 radical (unpaired) electrons. The van der Waals surface area contributed by atoms with Crippen LogP contribution >= 0.6 is 0 Å². The lowest BCUT2D eigenvalue weighted by Gasteiger charge is -2.11. The van der Waals surface area contributed by atoms with Crippen LogP contribution in [0.2, 0.25) is 0 Å². The molecule has 0 fully saturated rings. The standard InChI is InChI=1S/C51H32N2O.2C45H28N2O/c1-4-14-33(15-5-1)36-26-28-46-42(30-36)43-31-37(34-16-6-2-7-17-34)27-29-47(43)53(46)48-24-12-22-40-50-39(21-13-25-49(50)54-51(40)48)45-32-41(35-18-8-3-9-19-35)38-20-10-11-23-44(38)52-45;1-3-14-29(15-4-1)31-20-11-25-40-43(31)34-19-8-10-24-39(34)47(40)41-26-12-22-35-44-33(21-13-27-42(44)48-45(35)41)38-28-36(30-16-5-2-6-17-30)32-18-7-9-23-37(32)46-38;1-3-13-29(14-4-1)31-25-26-41-37(27-31)33-18-8-10-22-40(33)47(41)42-23-11-20-35-44-34(19-12-24-43(44)48-45(35)42)39-28-36(30-15-5-2-6-16-30)32-17-7-9-21-38(32)46-39/h1-32H;2*1-28H. The van der Waals surface area contributed by atoms with Crippen LogP contribution in [0.4, 0.5) is 0 Å². The first-order valence-corrected chi connectivity index (χ1v) is 51.0. The Labute approximate surface area is 862 Å². The summed E-state index contributed by atoms with van der Waals surface area (Å²) in [5.74, 6) is 0. The Bertz CT molecular complexity index is 10700. The Morgan fingerprint density at radius 3 is 0.740 bits per heavy atom. The molecule has 0 bridgehead atoms. The molecule has 9 aromatic heterocycles. The number of benzene rings is 22. The van der Waals surface area contributed by atoms with Crippen LogP contribution in [-0.4, -0.2) is 28.7 Å². The maximum absolute atomic E-state index is 6.91. The summed E-state index contributed by atoms with van der Waals surface area (Å²) in [7, 11) is 0. The highest BCUT2D eigenvalue weighted by atomic mass is 16.3. The first-order chi connectivity index (χ1) is 74.4. The van der Waals surface area contributed by atoms with Crippen molar-refractivity contribution in [3.05, 3.63) is 534 Å². The van der Waals surface area contributed by atoms with E-state index < -0.39 is 0 Å². The largest absolute Gasteiger partial charge is 0.454 e. The van der Waals surface area contributed by atoms with Crippen molar-refractivity contribution in [1.29, 1.82) is 0 Å². The van der Waals surface area contributed by atoms with Gasteiger partial charge in [-0.15, -0.1) is 0 Å². The maximum atomic E-state index is 6.91. The minimum absolute atomic E-state index is 0.838. The third-order valence-electron chi connectivity index (χ3n) is 30.0. The zero-order valence-corrected chi connectivity index (χ0v) is 81.2. The first-order valence-electron chi connectivity index (χ1n) is 51.0. The van der Waals surface area contributed by atoms with Gasteiger partial charge >= 0.3 is 0 Å². The predicted molar refractivity (Wildman–Crippen MR) is 624 cm³/mol. The SMILES string of the molecule is c1ccc(-c2cc(-c3cccc4oc5c(-n6c7ccccc7c7c(-c8ccccc8)cccc76)cccc5c34)nc3ccccc23)cc1.c1ccc(-c2ccc3c(c2)c2cc(-c4ccccc4)ccc2n3-c2cccc3c2oc2cccc(-c4cc(-c5ccccc5)c5ccccc5n4)c23)cc1.c1ccc(-c2ccc3c(c2)c2ccccc2n3-c2cccc3c2oc2cccc(-c4cc(-c5ccccc5)c5ccccc5n4)c23)cc1. The van der Waals surface area contributed by atoms with Gasteiger partial charge in [-0.05, 0) is 205 Å². The first kappa shape index (κ1) is 86.5. The number of fused-ring (bicyclic) bond motifs is 21. The second-order valence-corrected chi connectivity index (χ2v) is 38.5. The number of rotatable bonds is 13. The molecule has 0 atom stereocenters. The van der Waals surface area contributed by atoms with E-state index >= 15 is 0 Å². The van der Waals surface area contributed by atoms with Crippen LogP contribution in [0, 0.1) is 0 Å². The third-order valence-corrected chi connectivity index (χ3v) is 30.0. The van der Waals surface area contributed by atoms with Crippen LogP contribution in [0.5, 0.6) is 0 Å². The molecule has 0 saturated carbocycles. The highest BCUT2D eigenvalue weighted by Crippen LogP contribution is 2.51. The van der Waals surface area contributed by atoms with Crippen LogP contribution < -0.4 is 0 Å². The van der Waals surface area contributed by atoms with Crippen molar-refractivity contribution < 1.29 is 13.3 Å². The summed E-state index contributed by atoms with van der Waals surface area (Å²) in [4.78, 5) is 15.7. The zero-order chi connectivity index (χ0) is 98.8. The predicted octanol–water partition coefficient (Wildman–Crippen LogP) is 38.4. The van der Waals surface area contributed by atoms with Gasteiger partial charge in [-0.3, -0.25) is 0 Å². The summed E-state index contributed by atoms with van der Waals surface area (Å²) < 4.78 is 27.6. The van der Waals surface area contributed by atoms with Gasteiger partial charge in [0.1, 0.15) is 16.7 Å². The number of hydrogen-bond acceptors (Lipinski definition) is 6. The monoisotopic (exact) mass is 1910 g/mol. The highest BCUT2D eigenvalue weighted by Gasteiger charge is 2.28. The van der Waals surface area contributed by atoms with E-state index in [1.807, 2.05) is 0 Å². The van der Waals surface area contributed by atoms with Gasteiger partial charge in [0.05, 0.1) is 83.8 Å². The van der Waals surface area contributed by atoms with E-state index in [9.17, 15) is 0 Å². The van der Waals surface area contributed by atoms with E-state index in [0.717, 1.165) is 188 Å². The number of furan rings is 3. The Balaban J connectivity index is 0.000000106. The summed E-state index contributed by atoms with van der Waals surface area (Å²) in [6.45, 7) is 0. The summed E-state index contributed by atoms with van der Waals surface area (Å²) >= 11 is 0. The molecule has 0 aliphatic heterocycles. The molecular weight excluding hydrogens is 1830 g/mol. The van der Waals surface area contributed by atoms with Crippen molar-refractivity contribution in [2.45, 2.75) is 0 Å². The van der Waals surface area contributed by atoms with Gasteiger partial charge in [0.15, 0.2) is 16.7 Å². The molecule has 9 heterocycles. The van der Waals surface area contributed by atoms with E-state index in [1.165, 1.54) is 105 Å². The number of pyridine rings is 3. The highest BCUT2D eigenvalue weighted by molar-refractivity contribution is 6.23. The molecule has 0 amide bonds. The Morgan fingerprint density at radius 1 is 0.140 bits per heavy atom. The van der Waals surface area contributed by atoms with E-state index in [1.54, 1.807) is 0 Å². The number of para-hydroxylation sites is 8. The molecule has 31 aromatic rings. The normalized spacial score (nSPS) is 11.7. The molecule has 9 nitrogen and oxygen atoms in total. The molecule has 0 spiro atoms. The number of aromatic nitrogens is 6. The number of nitrogens with zero attached hydrogens (tertiary/aromatic N) is 6. The van der Waals surface area contributed by atoms with Gasteiger partial charge in [-0.2, -0.15) is 0 Å². The third kappa shape index (κ3) is 14.6. The van der Waals surface area contributed by atoms with Gasteiger partial charge in [0.25, 0.3) is 0 Å². The molecule has 150 heavy (non-hydrogen) atoms. The zero-order valence-electron chi connectivity index (χ0n) is 81.2. The lowest BCUT2D eigenvalue weighted by atomic mass is 9.96. The lowest BCUT2D eigenvalue weighted by Crippen LogP contribution is -1.94. The minimum Gasteiger partial charge on any atom is -0.454 e. The lowest BCUT2D eigenvalue weighted by molar-refractivity contribution is 0.666. The Morgan fingerprint density at radius 2 is 0.387 bits per heavy atom. The molecule has 0 aliphatic carbocycles. The van der Waals surface area contributed by atoms with Crippen molar-refractivity contribution in [2.75, 3.05) is 0 Å². The van der Waals surface area contributed by atoms with Gasteiger partial charge in [-0.1, -0.05) is 406 Å². The molecule has 700 valence electrons. The van der Waals surface area contributed by atoms with E-state index in [0.29, 0.717) is 0 Å². The fourth-order valence-electron chi connectivity index (χ4n) is 23.3. The van der Waals surface area contributed by atoms with Gasteiger partial charge < -0.3 is 27.0 Å². The van der Waals surface area contributed by atoms with Crippen LogP contribution in [-0.2, 0) is 0 Å². The van der Waals surface area contributed by atoms with Crippen LogP contribution in [0.25, 0.3) is 293 Å². The average Bonchev–Trinajstić information content (AvgIpc) is 1.57. The van der Waals surface area contributed by atoms with Crippen molar-refractivity contribution in [3.8, 4) is 129 Å². The molecule has 0 saturated heterocycles. The fraction of sp³-hybridized carbons (Fsp3) is 0.